The van der Waals surface area contributed by atoms with Crippen molar-refractivity contribution in [1.29, 1.82) is 5.26 Å². The highest BCUT2D eigenvalue weighted by Crippen LogP contribution is 2.29. The van der Waals surface area contributed by atoms with Gasteiger partial charge in [-0.05, 0) is 31.7 Å². The molecule has 2 amide bonds. The highest BCUT2D eigenvalue weighted by Gasteiger charge is 2.31. The van der Waals surface area contributed by atoms with Crippen LogP contribution in [-0.2, 0) is 0 Å². The molecule has 2 aliphatic rings. The molecule has 2 fully saturated rings. The quantitative estimate of drug-likeness (QED) is 0.706. The first-order valence-corrected chi connectivity index (χ1v) is 9.97. The molecule has 0 saturated carbocycles. The fourth-order valence-electron chi connectivity index (χ4n) is 4.55. The van der Waals surface area contributed by atoms with Crippen LogP contribution in [0.4, 0.5) is 4.79 Å². The first kappa shape index (κ1) is 17.0. The van der Waals surface area contributed by atoms with E-state index in [1.807, 2.05) is 34.5 Å². The summed E-state index contributed by atoms with van der Waals surface area (Å²) in [6.07, 6.45) is 9.14. The fraction of sp³-hybridized carbons (Fsp3) is 0.500. The molecule has 0 aliphatic carbocycles. The van der Waals surface area contributed by atoms with Crippen molar-refractivity contribution in [3.05, 3.63) is 30.5 Å². The van der Waals surface area contributed by atoms with Crippen LogP contribution < -0.4 is 0 Å². The average molecular weight is 377 g/mol. The third-order valence-corrected chi connectivity index (χ3v) is 6.09. The van der Waals surface area contributed by atoms with E-state index in [1.54, 1.807) is 0 Å². The maximum atomic E-state index is 13.0. The molecule has 3 aromatic heterocycles. The number of fused-ring (bicyclic) bond motifs is 3. The highest BCUT2D eigenvalue weighted by atomic mass is 16.2. The zero-order valence-electron chi connectivity index (χ0n) is 15.7. The number of hydrogen-bond acceptors (Lipinski definition) is 4. The zero-order valence-corrected chi connectivity index (χ0v) is 15.7. The lowest BCUT2D eigenvalue weighted by molar-refractivity contribution is 0.125. The summed E-state index contributed by atoms with van der Waals surface area (Å²) in [4.78, 5) is 29.2. The van der Waals surface area contributed by atoms with Crippen LogP contribution >= 0.6 is 0 Å². The molecule has 1 N–H and O–H groups in total. The topological polar surface area (TPSA) is 93.3 Å². The molecule has 0 spiro atoms. The maximum absolute atomic E-state index is 13.0. The van der Waals surface area contributed by atoms with E-state index in [-0.39, 0.29) is 17.9 Å². The van der Waals surface area contributed by atoms with Crippen LogP contribution in [0.1, 0.15) is 37.4 Å². The minimum absolute atomic E-state index is 0.0896. The van der Waals surface area contributed by atoms with Crippen molar-refractivity contribution in [1.82, 2.24) is 29.2 Å². The van der Waals surface area contributed by atoms with Gasteiger partial charge < -0.3 is 14.8 Å². The number of carbonyl (C=O) groups is 1. The Balaban J connectivity index is 1.38. The molecule has 28 heavy (non-hydrogen) atoms. The molecular weight excluding hydrogens is 354 g/mol. The molecule has 3 aromatic rings. The summed E-state index contributed by atoms with van der Waals surface area (Å²) < 4.78 is 2.16. The molecular formula is C20H23N7O. The summed E-state index contributed by atoms with van der Waals surface area (Å²) in [7, 11) is 0. The van der Waals surface area contributed by atoms with E-state index < -0.39 is 0 Å². The van der Waals surface area contributed by atoms with Crippen molar-refractivity contribution in [2.24, 2.45) is 5.92 Å². The number of piperidine rings is 2. The first-order valence-electron chi connectivity index (χ1n) is 9.97. The van der Waals surface area contributed by atoms with E-state index in [2.05, 4.69) is 20.4 Å². The molecule has 0 aromatic carbocycles. The molecule has 8 heteroatoms. The smallest absolute Gasteiger partial charge is 0.320 e. The predicted octanol–water partition coefficient (Wildman–Crippen LogP) is 2.75. The van der Waals surface area contributed by atoms with Crippen molar-refractivity contribution in [3.8, 4) is 6.07 Å². The standard InChI is InChI=1S/C20H23N7O/c21-10-14-4-8-25(9-5-14)20(28)26-7-1-2-15(13-26)19-24-12-16-11-23-18-17(27(16)19)3-6-22-18/h3,6,11-12,14-15,22H,1-2,4-5,7-9,13H2. The van der Waals surface area contributed by atoms with Gasteiger partial charge in [0.25, 0.3) is 0 Å². The van der Waals surface area contributed by atoms with Crippen LogP contribution in [-0.4, -0.2) is 61.4 Å². The van der Waals surface area contributed by atoms with Crippen LogP contribution in [0, 0.1) is 17.2 Å². The Labute approximate surface area is 162 Å². The van der Waals surface area contributed by atoms with Gasteiger partial charge in [0.1, 0.15) is 5.82 Å². The second-order valence-corrected chi connectivity index (χ2v) is 7.80. The van der Waals surface area contributed by atoms with Gasteiger partial charge in [0.05, 0.1) is 29.5 Å². The lowest BCUT2D eigenvalue weighted by atomic mass is 9.96. The summed E-state index contributed by atoms with van der Waals surface area (Å²) in [6, 6.07) is 4.45. The second kappa shape index (κ2) is 6.82. The minimum Gasteiger partial charge on any atom is -0.345 e. The Morgan fingerprint density at radius 2 is 1.96 bits per heavy atom. The third-order valence-electron chi connectivity index (χ3n) is 6.09. The summed E-state index contributed by atoms with van der Waals surface area (Å²) in [5.41, 5.74) is 2.84. The Hall–Kier alpha value is -3.08. The number of imidazole rings is 1. The minimum atomic E-state index is 0.0896. The lowest BCUT2D eigenvalue weighted by Crippen LogP contribution is -2.49. The molecule has 5 heterocycles. The molecule has 1 atom stereocenters. The van der Waals surface area contributed by atoms with Gasteiger partial charge in [0.15, 0.2) is 5.65 Å². The molecule has 2 aliphatic heterocycles. The Kier molecular flexibility index (Phi) is 4.15. The molecule has 5 rings (SSSR count). The number of rotatable bonds is 1. The number of hydrogen-bond donors (Lipinski definition) is 1. The Morgan fingerprint density at radius 3 is 2.79 bits per heavy atom. The normalized spacial score (nSPS) is 21.3. The van der Waals surface area contributed by atoms with Gasteiger partial charge in [0, 0.05) is 44.2 Å². The molecule has 144 valence electrons. The zero-order chi connectivity index (χ0) is 19.1. The van der Waals surface area contributed by atoms with Crippen LogP contribution in [0.5, 0.6) is 0 Å². The Bertz CT molecular complexity index is 1050. The SMILES string of the molecule is N#CC1CCN(C(=O)N2CCCC(c3ncc4cnc5[nH]ccc5n34)C2)CC1. The number of carbonyl (C=O) groups excluding carboxylic acids is 1. The van der Waals surface area contributed by atoms with Crippen LogP contribution in [0.15, 0.2) is 24.7 Å². The lowest BCUT2D eigenvalue weighted by Gasteiger charge is -2.38. The van der Waals surface area contributed by atoms with Crippen LogP contribution in [0.25, 0.3) is 16.7 Å². The number of H-pyrrole nitrogens is 1. The number of aromatic amines is 1. The Morgan fingerprint density at radius 1 is 1.14 bits per heavy atom. The van der Waals surface area contributed by atoms with Crippen molar-refractivity contribution < 1.29 is 4.79 Å². The number of urea groups is 1. The number of nitrogens with one attached hydrogen (secondary N) is 1. The number of nitrogens with zero attached hydrogens (tertiary/aromatic N) is 6. The van der Waals surface area contributed by atoms with Crippen molar-refractivity contribution in [2.45, 2.75) is 31.6 Å². The number of aromatic nitrogens is 4. The van der Waals surface area contributed by atoms with E-state index in [9.17, 15) is 4.79 Å². The monoisotopic (exact) mass is 377 g/mol. The summed E-state index contributed by atoms with van der Waals surface area (Å²) in [5.74, 6) is 1.30. The van der Waals surface area contributed by atoms with Gasteiger partial charge in [0.2, 0.25) is 0 Å². The largest absolute Gasteiger partial charge is 0.345 e. The molecule has 0 bridgehead atoms. The molecule has 8 nitrogen and oxygen atoms in total. The van der Waals surface area contributed by atoms with E-state index in [0.717, 1.165) is 54.7 Å². The summed E-state index contributed by atoms with van der Waals surface area (Å²) in [6.45, 7) is 2.84. The van der Waals surface area contributed by atoms with Crippen LogP contribution in [0.2, 0.25) is 0 Å². The predicted molar refractivity (Wildman–Crippen MR) is 104 cm³/mol. The summed E-state index contributed by atoms with van der Waals surface area (Å²) in [5, 5.41) is 9.07. The van der Waals surface area contributed by atoms with Crippen molar-refractivity contribution in [3.63, 3.8) is 0 Å². The van der Waals surface area contributed by atoms with Crippen molar-refractivity contribution >= 4 is 22.7 Å². The van der Waals surface area contributed by atoms with E-state index in [0.29, 0.717) is 19.6 Å². The van der Waals surface area contributed by atoms with Gasteiger partial charge in [-0.3, -0.25) is 4.40 Å². The van der Waals surface area contributed by atoms with Gasteiger partial charge in [-0.15, -0.1) is 0 Å². The van der Waals surface area contributed by atoms with E-state index in [1.165, 1.54) is 0 Å². The van der Waals surface area contributed by atoms with E-state index >= 15 is 0 Å². The van der Waals surface area contributed by atoms with Gasteiger partial charge in [-0.1, -0.05) is 0 Å². The summed E-state index contributed by atoms with van der Waals surface area (Å²) >= 11 is 0. The fourth-order valence-corrected chi connectivity index (χ4v) is 4.55. The van der Waals surface area contributed by atoms with Gasteiger partial charge >= 0.3 is 6.03 Å². The number of amides is 2. The van der Waals surface area contributed by atoms with E-state index in [4.69, 9.17) is 10.2 Å². The third kappa shape index (κ3) is 2.78. The van der Waals surface area contributed by atoms with Crippen LogP contribution in [0.3, 0.4) is 0 Å². The number of likely N-dealkylation sites (tertiary alicyclic amines) is 2. The second-order valence-electron chi connectivity index (χ2n) is 7.80. The molecule has 2 saturated heterocycles. The molecule has 1 unspecified atom stereocenters. The molecule has 0 radical (unpaired) electrons. The van der Waals surface area contributed by atoms with Gasteiger partial charge in [-0.25, -0.2) is 14.8 Å². The highest BCUT2D eigenvalue weighted by molar-refractivity contribution is 5.76. The van der Waals surface area contributed by atoms with Crippen molar-refractivity contribution in [2.75, 3.05) is 26.2 Å². The van der Waals surface area contributed by atoms with Gasteiger partial charge in [-0.2, -0.15) is 5.26 Å². The average Bonchev–Trinajstić information content (AvgIpc) is 3.39. The number of nitriles is 1. The first-order chi connectivity index (χ1) is 13.7. The maximum Gasteiger partial charge on any atom is 0.320 e.